The van der Waals surface area contributed by atoms with E-state index in [0.717, 1.165) is 0 Å². The molecule has 0 N–H and O–H groups in total. The van der Waals surface area contributed by atoms with Crippen molar-refractivity contribution in [2.45, 2.75) is 19.8 Å². The molecule has 0 amide bonds. The molecule has 0 unspecified atom stereocenters. The molecule has 2 aromatic heterocycles. The van der Waals surface area contributed by atoms with Crippen molar-refractivity contribution < 1.29 is 14.3 Å². The molecule has 3 aromatic rings. The molecule has 0 radical (unpaired) electrons. The third kappa shape index (κ3) is 4.33. The topological polar surface area (TPSA) is 93.7 Å². The first-order chi connectivity index (χ1) is 14.1. The van der Waals surface area contributed by atoms with Crippen molar-refractivity contribution >= 4 is 17.5 Å². The van der Waals surface area contributed by atoms with Gasteiger partial charge in [-0.1, -0.05) is 13.0 Å². The average Bonchev–Trinajstić information content (AvgIpc) is 2.74. The van der Waals surface area contributed by atoms with Gasteiger partial charge in [0.2, 0.25) is 5.88 Å². The highest BCUT2D eigenvalue weighted by molar-refractivity contribution is 6.03. The number of allylic oxidation sites excluding steroid dienone is 1. The van der Waals surface area contributed by atoms with Crippen molar-refractivity contribution in [1.29, 1.82) is 5.26 Å². The zero-order chi connectivity index (χ0) is 20.8. The lowest BCUT2D eigenvalue weighted by Crippen LogP contribution is -2.19. The molecule has 146 valence electrons. The highest BCUT2D eigenvalue weighted by Gasteiger charge is 2.17. The van der Waals surface area contributed by atoms with Crippen LogP contribution in [-0.2, 0) is 4.79 Å². The second kappa shape index (κ2) is 8.85. The summed E-state index contributed by atoms with van der Waals surface area (Å²) in [6, 6.07) is 13.8. The minimum absolute atomic E-state index is 0.0171. The minimum Gasteiger partial charge on any atom is -0.497 e. The van der Waals surface area contributed by atoms with E-state index in [4.69, 9.17) is 9.47 Å². The number of carbonyl (C=O) groups is 1. The van der Waals surface area contributed by atoms with Gasteiger partial charge in [-0.15, -0.1) is 0 Å². The van der Waals surface area contributed by atoms with E-state index in [0.29, 0.717) is 23.6 Å². The summed E-state index contributed by atoms with van der Waals surface area (Å²) in [5.41, 5.74) is -0.126. The Labute approximate surface area is 167 Å². The van der Waals surface area contributed by atoms with Gasteiger partial charge in [0, 0.05) is 12.6 Å². The number of nitriles is 1. The van der Waals surface area contributed by atoms with E-state index in [1.54, 1.807) is 55.8 Å². The first-order valence-electron chi connectivity index (χ1n) is 9.05. The largest absolute Gasteiger partial charge is 0.497 e. The van der Waals surface area contributed by atoms with E-state index in [1.165, 1.54) is 10.5 Å². The fraction of sp³-hybridized carbons (Fsp3) is 0.182. The molecule has 0 aliphatic carbocycles. The van der Waals surface area contributed by atoms with Crippen LogP contribution in [0.15, 0.2) is 59.0 Å². The summed E-state index contributed by atoms with van der Waals surface area (Å²) in [4.78, 5) is 29.7. The Morgan fingerprint density at radius 2 is 1.93 bits per heavy atom. The molecular weight excluding hydrogens is 370 g/mol. The number of hydrogen-bond acceptors (Lipinski definition) is 6. The lowest BCUT2D eigenvalue weighted by atomic mass is 10.1. The quantitative estimate of drug-likeness (QED) is 0.451. The maximum Gasteiger partial charge on any atom is 0.269 e. The Hall–Kier alpha value is -3.92. The van der Waals surface area contributed by atoms with Crippen molar-refractivity contribution in [3.63, 3.8) is 0 Å². The number of ketones is 1. The molecule has 0 spiro atoms. The van der Waals surface area contributed by atoms with Crippen LogP contribution in [0.3, 0.4) is 0 Å². The molecule has 7 nitrogen and oxygen atoms in total. The van der Waals surface area contributed by atoms with Gasteiger partial charge < -0.3 is 9.47 Å². The monoisotopic (exact) mass is 389 g/mol. The molecule has 0 saturated carbocycles. The molecule has 0 aliphatic heterocycles. The number of ether oxygens (including phenoxy) is 2. The molecule has 0 bridgehead atoms. The molecular formula is C22H19N3O4. The predicted octanol–water partition coefficient (Wildman–Crippen LogP) is 3.77. The van der Waals surface area contributed by atoms with Crippen LogP contribution in [0.25, 0.3) is 11.7 Å². The number of benzene rings is 1. The molecule has 3 rings (SSSR count). The third-order valence-electron chi connectivity index (χ3n) is 4.19. The number of pyridine rings is 1. The second-order valence-corrected chi connectivity index (χ2v) is 6.19. The fourth-order valence-corrected chi connectivity index (χ4v) is 2.72. The summed E-state index contributed by atoms with van der Waals surface area (Å²) >= 11 is 0. The number of hydrogen-bond donors (Lipinski definition) is 0. The summed E-state index contributed by atoms with van der Waals surface area (Å²) < 4.78 is 12.3. The summed E-state index contributed by atoms with van der Waals surface area (Å²) in [6.45, 7) is 1.84. The lowest BCUT2D eigenvalue weighted by molar-refractivity contribution is -0.115. The van der Waals surface area contributed by atoms with Crippen molar-refractivity contribution in [2.75, 3.05) is 7.11 Å². The van der Waals surface area contributed by atoms with Crippen LogP contribution in [0.1, 0.15) is 25.3 Å². The van der Waals surface area contributed by atoms with E-state index in [1.807, 2.05) is 13.0 Å². The van der Waals surface area contributed by atoms with Crippen LogP contribution in [0.2, 0.25) is 0 Å². The minimum atomic E-state index is -0.434. The Morgan fingerprint density at radius 3 is 2.59 bits per heavy atom. The number of fused-ring (bicyclic) bond motifs is 1. The van der Waals surface area contributed by atoms with Gasteiger partial charge >= 0.3 is 0 Å². The number of nitrogens with zero attached hydrogens (tertiary/aromatic N) is 3. The van der Waals surface area contributed by atoms with Crippen molar-refractivity contribution in [3.8, 4) is 23.4 Å². The summed E-state index contributed by atoms with van der Waals surface area (Å²) in [5.74, 6) is 0.776. The molecule has 7 heteroatoms. The van der Waals surface area contributed by atoms with Crippen molar-refractivity contribution in [1.82, 2.24) is 9.38 Å². The van der Waals surface area contributed by atoms with E-state index in [-0.39, 0.29) is 29.2 Å². The van der Waals surface area contributed by atoms with Gasteiger partial charge in [-0.3, -0.25) is 14.0 Å². The number of carbonyl (C=O) groups excluding carboxylic acids is 1. The van der Waals surface area contributed by atoms with Crippen LogP contribution in [0, 0.1) is 11.3 Å². The molecule has 2 heterocycles. The Kier molecular flexibility index (Phi) is 6.05. The highest BCUT2D eigenvalue weighted by Crippen LogP contribution is 2.26. The second-order valence-electron chi connectivity index (χ2n) is 6.19. The van der Waals surface area contributed by atoms with Crippen LogP contribution in [-0.4, -0.2) is 22.3 Å². The van der Waals surface area contributed by atoms with E-state index >= 15 is 0 Å². The van der Waals surface area contributed by atoms with E-state index in [2.05, 4.69) is 4.98 Å². The molecule has 0 fully saturated rings. The van der Waals surface area contributed by atoms with Crippen LogP contribution < -0.4 is 15.0 Å². The van der Waals surface area contributed by atoms with Crippen LogP contribution in [0.5, 0.6) is 17.4 Å². The molecule has 0 atom stereocenters. The first kappa shape index (κ1) is 19.8. The van der Waals surface area contributed by atoms with Gasteiger partial charge in [-0.2, -0.15) is 10.2 Å². The van der Waals surface area contributed by atoms with Crippen molar-refractivity contribution in [3.05, 3.63) is 70.2 Å². The Balaban J connectivity index is 2.16. The van der Waals surface area contributed by atoms with E-state index < -0.39 is 5.56 Å². The van der Waals surface area contributed by atoms with Gasteiger partial charge in [-0.25, -0.2) is 0 Å². The zero-order valence-corrected chi connectivity index (χ0v) is 16.1. The maximum absolute atomic E-state index is 13.0. The molecule has 29 heavy (non-hydrogen) atoms. The van der Waals surface area contributed by atoms with Gasteiger partial charge in [0.15, 0.2) is 5.78 Å². The van der Waals surface area contributed by atoms with Gasteiger partial charge in [0.25, 0.3) is 5.56 Å². The van der Waals surface area contributed by atoms with Gasteiger partial charge in [0.05, 0.1) is 12.7 Å². The summed E-state index contributed by atoms with van der Waals surface area (Å²) in [7, 11) is 1.56. The molecule has 0 saturated heterocycles. The average molecular weight is 389 g/mol. The fourth-order valence-electron chi connectivity index (χ4n) is 2.72. The standard InChI is InChI=1S/C22H19N3O4/c1-3-6-19(26)15(14-23)13-18-21(29-17-10-8-16(28-2)9-11-17)24-20-7-4-5-12-25(20)22(18)27/h4-5,7-13H,3,6H2,1-2H3/b15-13+. The van der Waals surface area contributed by atoms with Gasteiger partial charge in [-0.05, 0) is 48.9 Å². The third-order valence-corrected chi connectivity index (χ3v) is 4.19. The van der Waals surface area contributed by atoms with Crippen LogP contribution >= 0.6 is 0 Å². The number of methoxy groups -OCH3 is 1. The Bertz CT molecular complexity index is 1170. The number of Topliss-reactive ketones (excluding diaryl/α,β-unsaturated/α-hetero) is 1. The predicted molar refractivity (Wildman–Crippen MR) is 108 cm³/mol. The number of rotatable bonds is 7. The normalized spacial score (nSPS) is 11.1. The lowest BCUT2D eigenvalue weighted by Gasteiger charge is -2.10. The van der Waals surface area contributed by atoms with Crippen LogP contribution in [0.4, 0.5) is 0 Å². The van der Waals surface area contributed by atoms with E-state index in [9.17, 15) is 14.9 Å². The molecule has 1 aromatic carbocycles. The SMILES string of the molecule is CCCC(=O)/C(C#N)=C/c1c(Oc2ccc(OC)cc2)nc2ccccn2c1=O. The first-order valence-corrected chi connectivity index (χ1v) is 9.05. The summed E-state index contributed by atoms with van der Waals surface area (Å²) in [6.07, 6.45) is 3.64. The summed E-state index contributed by atoms with van der Waals surface area (Å²) in [5, 5.41) is 9.40. The maximum atomic E-state index is 13.0. The highest BCUT2D eigenvalue weighted by atomic mass is 16.5. The van der Waals surface area contributed by atoms with Crippen molar-refractivity contribution in [2.24, 2.45) is 0 Å². The van der Waals surface area contributed by atoms with Gasteiger partial charge in [0.1, 0.15) is 28.8 Å². The smallest absolute Gasteiger partial charge is 0.269 e. The zero-order valence-electron chi connectivity index (χ0n) is 16.1. The number of aromatic nitrogens is 2. The Morgan fingerprint density at radius 1 is 1.21 bits per heavy atom. The molecule has 0 aliphatic rings.